The first-order valence-electron chi connectivity index (χ1n) is 5.25. The van der Waals surface area contributed by atoms with Crippen molar-refractivity contribution >= 4 is 5.78 Å². The van der Waals surface area contributed by atoms with Crippen molar-refractivity contribution in [1.29, 1.82) is 0 Å². The summed E-state index contributed by atoms with van der Waals surface area (Å²) in [5.74, 6) is -1.59. The van der Waals surface area contributed by atoms with Crippen molar-refractivity contribution < 1.29 is 18.3 Å². The van der Waals surface area contributed by atoms with Gasteiger partial charge in [0.25, 0.3) is 0 Å². The quantitative estimate of drug-likeness (QED) is 0.780. The summed E-state index contributed by atoms with van der Waals surface area (Å²) in [6.45, 7) is 0. The van der Waals surface area contributed by atoms with E-state index in [1.54, 1.807) is 18.2 Å². The number of rotatable bonds is 3. The summed E-state index contributed by atoms with van der Waals surface area (Å²) >= 11 is 0. The van der Waals surface area contributed by atoms with Crippen LogP contribution in [0.5, 0.6) is 5.75 Å². The van der Waals surface area contributed by atoms with Gasteiger partial charge in [-0.3, -0.25) is 4.79 Å². The first-order chi connectivity index (χ1) is 8.61. The first kappa shape index (κ1) is 12.2. The number of halogens is 2. The molecule has 0 N–H and O–H groups in total. The molecule has 0 aliphatic carbocycles. The Morgan fingerprint density at radius 3 is 2.56 bits per heavy atom. The number of carbonyl (C=O) groups excluding carboxylic acids is 1. The lowest BCUT2D eigenvalue weighted by atomic mass is 10.0. The Morgan fingerprint density at radius 1 is 1.11 bits per heavy atom. The molecule has 0 radical (unpaired) electrons. The van der Waals surface area contributed by atoms with E-state index in [-0.39, 0.29) is 5.56 Å². The van der Waals surface area contributed by atoms with E-state index >= 15 is 0 Å². The first-order valence-corrected chi connectivity index (χ1v) is 5.25. The molecule has 0 aliphatic rings. The van der Waals surface area contributed by atoms with Crippen molar-refractivity contribution in [2.45, 2.75) is 0 Å². The Morgan fingerprint density at radius 2 is 1.89 bits per heavy atom. The third kappa shape index (κ3) is 2.37. The Labute approximate surface area is 103 Å². The van der Waals surface area contributed by atoms with Crippen molar-refractivity contribution in [1.82, 2.24) is 0 Å². The number of ketones is 1. The van der Waals surface area contributed by atoms with Crippen LogP contribution in [0.25, 0.3) is 0 Å². The highest BCUT2D eigenvalue weighted by Crippen LogP contribution is 2.18. The van der Waals surface area contributed by atoms with E-state index in [9.17, 15) is 13.6 Å². The molecule has 0 aliphatic heterocycles. The van der Waals surface area contributed by atoms with Crippen molar-refractivity contribution in [3.63, 3.8) is 0 Å². The zero-order valence-corrected chi connectivity index (χ0v) is 9.61. The van der Waals surface area contributed by atoms with E-state index in [0.29, 0.717) is 17.4 Å². The van der Waals surface area contributed by atoms with Crippen LogP contribution in [0.4, 0.5) is 8.78 Å². The van der Waals surface area contributed by atoms with Crippen LogP contribution >= 0.6 is 0 Å². The van der Waals surface area contributed by atoms with Crippen LogP contribution in [-0.4, -0.2) is 12.9 Å². The normalized spacial score (nSPS) is 10.2. The van der Waals surface area contributed by atoms with Gasteiger partial charge in [-0.05, 0) is 24.3 Å². The molecule has 0 bridgehead atoms. The Hall–Kier alpha value is -2.23. The molecule has 2 rings (SSSR count). The average Bonchev–Trinajstić information content (AvgIpc) is 2.38. The molecule has 0 spiro atoms. The summed E-state index contributed by atoms with van der Waals surface area (Å²) in [5.41, 5.74) is 0.129. The molecule has 0 fully saturated rings. The number of hydrogen-bond acceptors (Lipinski definition) is 2. The van der Waals surface area contributed by atoms with Gasteiger partial charge < -0.3 is 4.74 Å². The molecule has 2 aromatic carbocycles. The Bertz CT molecular complexity index is 594. The Balaban J connectivity index is 2.41. The molecular formula is C14H10F2O2. The molecular weight excluding hydrogens is 238 g/mol. The van der Waals surface area contributed by atoms with Crippen molar-refractivity contribution in [3.8, 4) is 5.75 Å². The lowest BCUT2D eigenvalue weighted by molar-refractivity contribution is 0.103. The van der Waals surface area contributed by atoms with Gasteiger partial charge in [-0.1, -0.05) is 12.1 Å². The third-order valence-corrected chi connectivity index (χ3v) is 2.51. The Kier molecular flexibility index (Phi) is 3.37. The summed E-state index contributed by atoms with van der Waals surface area (Å²) in [4.78, 5) is 12.0. The molecule has 0 heterocycles. The molecule has 0 unspecified atom stereocenters. The van der Waals surface area contributed by atoms with Gasteiger partial charge in [-0.2, -0.15) is 0 Å². The van der Waals surface area contributed by atoms with Crippen molar-refractivity contribution in [3.05, 3.63) is 65.2 Å². The van der Waals surface area contributed by atoms with E-state index < -0.39 is 17.4 Å². The fourth-order valence-electron chi connectivity index (χ4n) is 1.59. The number of ether oxygens (including phenoxy) is 1. The number of hydrogen-bond donors (Lipinski definition) is 0. The lowest BCUT2D eigenvalue weighted by Gasteiger charge is -2.05. The minimum atomic E-state index is -0.872. The maximum Gasteiger partial charge on any atom is 0.196 e. The van der Waals surface area contributed by atoms with E-state index in [1.807, 2.05) is 0 Å². The van der Waals surface area contributed by atoms with Crippen LogP contribution in [-0.2, 0) is 0 Å². The number of carbonyl (C=O) groups is 1. The molecule has 0 saturated carbocycles. The maximum absolute atomic E-state index is 13.5. The van der Waals surface area contributed by atoms with E-state index in [2.05, 4.69) is 0 Å². The standard InChI is InChI=1S/C14H10F2O2/c1-18-11-4-2-3-9(7-11)14(17)12-6-5-10(15)8-13(12)16/h2-8H,1H3. The SMILES string of the molecule is COc1cccc(C(=O)c2ccc(F)cc2F)c1. The second kappa shape index (κ2) is 4.96. The van der Waals surface area contributed by atoms with Crippen LogP contribution in [0.2, 0.25) is 0 Å². The molecule has 2 nitrogen and oxygen atoms in total. The average molecular weight is 248 g/mol. The fourth-order valence-corrected chi connectivity index (χ4v) is 1.59. The van der Waals surface area contributed by atoms with Crippen LogP contribution in [0, 0.1) is 11.6 Å². The van der Waals surface area contributed by atoms with Gasteiger partial charge in [-0.15, -0.1) is 0 Å². The highest BCUT2D eigenvalue weighted by Gasteiger charge is 2.15. The maximum atomic E-state index is 13.5. The van der Waals surface area contributed by atoms with Crippen LogP contribution in [0.15, 0.2) is 42.5 Å². The molecule has 92 valence electrons. The molecule has 0 atom stereocenters. The summed E-state index contributed by atoms with van der Waals surface area (Å²) in [5, 5.41) is 0. The van der Waals surface area contributed by atoms with Crippen molar-refractivity contribution in [2.75, 3.05) is 7.11 Å². The fraction of sp³-hybridized carbons (Fsp3) is 0.0714. The van der Waals surface area contributed by atoms with Gasteiger partial charge in [0.1, 0.15) is 17.4 Å². The number of benzene rings is 2. The van der Waals surface area contributed by atoms with Gasteiger partial charge in [0.2, 0.25) is 0 Å². The molecule has 18 heavy (non-hydrogen) atoms. The highest BCUT2D eigenvalue weighted by molar-refractivity contribution is 6.09. The zero-order chi connectivity index (χ0) is 13.1. The largest absolute Gasteiger partial charge is 0.497 e. The summed E-state index contributed by atoms with van der Waals surface area (Å²) in [7, 11) is 1.47. The summed E-state index contributed by atoms with van der Waals surface area (Å²) in [6.07, 6.45) is 0. The number of methoxy groups -OCH3 is 1. The molecule has 4 heteroatoms. The predicted octanol–water partition coefficient (Wildman–Crippen LogP) is 3.20. The lowest BCUT2D eigenvalue weighted by Crippen LogP contribution is -2.04. The van der Waals surface area contributed by atoms with Gasteiger partial charge in [0.05, 0.1) is 12.7 Å². The molecule has 2 aromatic rings. The van der Waals surface area contributed by atoms with Crippen LogP contribution in [0.3, 0.4) is 0 Å². The monoisotopic (exact) mass is 248 g/mol. The third-order valence-electron chi connectivity index (χ3n) is 2.51. The summed E-state index contributed by atoms with van der Waals surface area (Å²) in [6, 6.07) is 9.24. The second-order valence-corrected chi connectivity index (χ2v) is 3.69. The topological polar surface area (TPSA) is 26.3 Å². The molecule has 0 saturated heterocycles. The minimum Gasteiger partial charge on any atom is -0.497 e. The van der Waals surface area contributed by atoms with Gasteiger partial charge in [0.15, 0.2) is 5.78 Å². The summed E-state index contributed by atoms with van der Waals surface area (Å²) < 4.78 is 31.2. The van der Waals surface area contributed by atoms with Crippen LogP contribution in [0.1, 0.15) is 15.9 Å². The highest BCUT2D eigenvalue weighted by atomic mass is 19.1. The van der Waals surface area contributed by atoms with Crippen molar-refractivity contribution in [2.24, 2.45) is 0 Å². The minimum absolute atomic E-state index is 0.162. The molecule has 0 amide bonds. The second-order valence-electron chi connectivity index (χ2n) is 3.69. The van der Waals surface area contributed by atoms with Gasteiger partial charge in [0, 0.05) is 11.6 Å². The smallest absolute Gasteiger partial charge is 0.196 e. The van der Waals surface area contributed by atoms with Gasteiger partial charge >= 0.3 is 0 Å². The predicted molar refractivity (Wildman–Crippen MR) is 62.8 cm³/mol. The van der Waals surface area contributed by atoms with E-state index in [4.69, 9.17) is 4.74 Å². The van der Waals surface area contributed by atoms with Crippen LogP contribution < -0.4 is 4.74 Å². The zero-order valence-electron chi connectivity index (χ0n) is 9.61. The molecule has 0 aromatic heterocycles. The van der Waals surface area contributed by atoms with E-state index in [1.165, 1.54) is 13.2 Å². The van der Waals surface area contributed by atoms with E-state index in [0.717, 1.165) is 12.1 Å². The van der Waals surface area contributed by atoms with Gasteiger partial charge in [-0.25, -0.2) is 8.78 Å².